The lowest BCUT2D eigenvalue weighted by Crippen LogP contribution is -2.07. The topological polar surface area (TPSA) is 39.2 Å². The van der Waals surface area contributed by atoms with Crippen molar-refractivity contribution >= 4 is 11.9 Å². The zero-order chi connectivity index (χ0) is 9.26. The average molecular weight is 175 g/mol. The molecule has 1 heterocycles. The molecule has 0 atom stereocenters. The third kappa shape index (κ3) is 1.45. The van der Waals surface area contributed by atoms with Crippen LogP contribution in [0.1, 0.15) is 11.3 Å². The zero-order valence-electron chi connectivity index (χ0n) is 7.28. The largest absolute Gasteiger partial charge is 0.481 e. The number of nitrogens with zero attached hydrogens (tertiary/aromatic N) is 1. The number of hydrogen-bond donors (Lipinski definition) is 0. The van der Waals surface area contributed by atoms with E-state index in [4.69, 9.17) is 4.74 Å². The van der Waals surface area contributed by atoms with E-state index in [1.807, 2.05) is 6.07 Å². The molecular weight excluding hydrogens is 166 g/mol. The van der Waals surface area contributed by atoms with Crippen LogP contribution in [0.4, 0.5) is 0 Å². The summed E-state index contributed by atoms with van der Waals surface area (Å²) >= 11 is 0. The third-order valence-electron chi connectivity index (χ3n) is 1.99. The Hall–Kier alpha value is -1.64. The maximum absolute atomic E-state index is 11.0. The molecule has 0 saturated carbocycles. The van der Waals surface area contributed by atoms with Crippen molar-refractivity contribution < 1.29 is 9.53 Å². The molecule has 3 nitrogen and oxygen atoms in total. The Morgan fingerprint density at radius 1 is 1.38 bits per heavy atom. The zero-order valence-corrected chi connectivity index (χ0v) is 7.28. The number of fused-ring (bicyclic) bond motifs is 1. The predicted molar refractivity (Wildman–Crippen MR) is 48.5 cm³/mol. The molecule has 1 aromatic heterocycles. The molecule has 1 aliphatic rings. The van der Waals surface area contributed by atoms with Gasteiger partial charge in [-0.3, -0.25) is 4.79 Å². The third-order valence-corrected chi connectivity index (χ3v) is 1.99. The fourth-order valence-electron chi connectivity index (χ4n) is 1.31. The highest BCUT2D eigenvalue weighted by atomic mass is 16.5. The van der Waals surface area contributed by atoms with Gasteiger partial charge in [0.15, 0.2) is 5.78 Å². The summed E-state index contributed by atoms with van der Waals surface area (Å²) in [4.78, 5) is 15.2. The molecule has 0 unspecified atom stereocenters. The van der Waals surface area contributed by atoms with Crippen LogP contribution >= 0.6 is 0 Å². The molecule has 0 aliphatic heterocycles. The van der Waals surface area contributed by atoms with Crippen molar-refractivity contribution in [3.63, 3.8) is 0 Å². The van der Waals surface area contributed by atoms with Crippen molar-refractivity contribution in [1.82, 2.24) is 4.98 Å². The van der Waals surface area contributed by atoms with Crippen LogP contribution in [-0.4, -0.2) is 17.9 Å². The Kier molecular flexibility index (Phi) is 1.85. The molecular formula is C10H9NO2. The Bertz CT molecular complexity index is 383. The van der Waals surface area contributed by atoms with Crippen LogP contribution in [0.3, 0.4) is 0 Å². The van der Waals surface area contributed by atoms with Crippen molar-refractivity contribution in [3.8, 4) is 5.88 Å². The molecule has 3 heteroatoms. The first kappa shape index (κ1) is 7.98. The summed E-state index contributed by atoms with van der Waals surface area (Å²) in [6.07, 6.45) is 3.72. The van der Waals surface area contributed by atoms with E-state index in [1.165, 1.54) is 0 Å². The number of carbonyl (C=O) groups excluding carboxylic acids is 1. The number of ketones is 1. The molecule has 66 valence electrons. The summed E-state index contributed by atoms with van der Waals surface area (Å²) in [5, 5.41) is 0. The number of hydrogen-bond acceptors (Lipinski definition) is 3. The van der Waals surface area contributed by atoms with Crippen LogP contribution in [-0.2, 0) is 11.2 Å². The van der Waals surface area contributed by atoms with Gasteiger partial charge in [0.25, 0.3) is 0 Å². The lowest BCUT2D eigenvalue weighted by molar-refractivity contribution is -0.114. The average Bonchev–Trinajstić information content (AvgIpc) is 2.17. The monoisotopic (exact) mass is 175 g/mol. The number of allylic oxidation sites excluding steroid dienone is 1. The van der Waals surface area contributed by atoms with Gasteiger partial charge in [0.1, 0.15) is 0 Å². The van der Waals surface area contributed by atoms with Crippen molar-refractivity contribution in [2.75, 3.05) is 7.11 Å². The van der Waals surface area contributed by atoms with Gasteiger partial charge in [-0.15, -0.1) is 0 Å². The first-order valence-corrected chi connectivity index (χ1v) is 4.04. The molecule has 1 aromatic rings. The van der Waals surface area contributed by atoms with Crippen LogP contribution in [0.25, 0.3) is 6.08 Å². The smallest absolute Gasteiger partial charge is 0.213 e. The van der Waals surface area contributed by atoms with Gasteiger partial charge < -0.3 is 4.74 Å². The molecule has 1 aliphatic carbocycles. The molecule has 2 rings (SSSR count). The standard InChI is InChI=1S/C10H9NO2/c1-13-10-5-2-7-6-8(12)3-4-9(7)11-10/h2-5H,6H2,1H3. The van der Waals surface area contributed by atoms with Crippen LogP contribution in [0, 0.1) is 0 Å². The molecule has 0 amide bonds. The highest BCUT2D eigenvalue weighted by molar-refractivity contribution is 5.97. The summed E-state index contributed by atoms with van der Waals surface area (Å²) in [6.45, 7) is 0. The van der Waals surface area contributed by atoms with Crippen LogP contribution < -0.4 is 4.74 Å². The van der Waals surface area contributed by atoms with E-state index in [1.54, 1.807) is 25.3 Å². The Morgan fingerprint density at radius 2 is 2.23 bits per heavy atom. The van der Waals surface area contributed by atoms with Gasteiger partial charge in [-0.2, -0.15) is 0 Å². The molecule has 0 fully saturated rings. The minimum Gasteiger partial charge on any atom is -0.481 e. The fraction of sp³-hybridized carbons (Fsp3) is 0.200. The quantitative estimate of drug-likeness (QED) is 0.644. The number of aromatic nitrogens is 1. The normalized spacial score (nSPS) is 14.1. The van der Waals surface area contributed by atoms with Gasteiger partial charge >= 0.3 is 0 Å². The summed E-state index contributed by atoms with van der Waals surface area (Å²) in [6, 6.07) is 3.65. The molecule has 0 aromatic carbocycles. The number of ether oxygens (including phenoxy) is 1. The molecule has 0 N–H and O–H groups in total. The van der Waals surface area contributed by atoms with Gasteiger partial charge in [-0.05, 0) is 17.7 Å². The minimum absolute atomic E-state index is 0.125. The van der Waals surface area contributed by atoms with Crippen molar-refractivity contribution in [3.05, 3.63) is 29.5 Å². The van der Waals surface area contributed by atoms with Gasteiger partial charge in [0.2, 0.25) is 5.88 Å². The van der Waals surface area contributed by atoms with E-state index in [2.05, 4.69) is 4.98 Å². The molecule has 13 heavy (non-hydrogen) atoms. The number of carbonyl (C=O) groups is 1. The van der Waals surface area contributed by atoms with E-state index < -0.39 is 0 Å². The molecule has 0 saturated heterocycles. The summed E-state index contributed by atoms with van der Waals surface area (Å²) in [7, 11) is 1.58. The van der Waals surface area contributed by atoms with Crippen molar-refractivity contribution in [1.29, 1.82) is 0 Å². The maximum atomic E-state index is 11.0. The van der Waals surface area contributed by atoms with Crippen molar-refractivity contribution in [2.24, 2.45) is 0 Å². The maximum Gasteiger partial charge on any atom is 0.213 e. The number of methoxy groups -OCH3 is 1. The van der Waals surface area contributed by atoms with Crippen LogP contribution in [0.15, 0.2) is 18.2 Å². The Labute approximate surface area is 76.1 Å². The Morgan fingerprint density at radius 3 is 3.00 bits per heavy atom. The second-order valence-electron chi connectivity index (χ2n) is 2.87. The lowest BCUT2D eigenvalue weighted by atomic mass is 10.0. The van der Waals surface area contributed by atoms with Gasteiger partial charge in [0.05, 0.1) is 12.8 Å². The first-order chi connectivity index (χ1) is 6.29. The SMILES string of the molecule is COc1ccc2c(n1)C=CC(=O)C2. The van der Waals surface area contributed by atoms with E-state index >= 15 is 0 Å². The van der Waals surface area contributed by atoms with Crippen LogP contribution in [0.2, 0.25) is 0 Å². The van der Waals surface area contributed by atoms with E-state index in [0.717, 1.165) is 11.3 Å². The van der Waals surface area contributed by atoms with Gasteiger partial charge in [-0.25, -0.2) is 4.98 Å². The number of pyridine rings is 1. The van der Waals surface area contributed by atoms with Gasteiger partial charge in [-0.1, -0.05) is 6.07 Å². The highest BCUT2D eigenvalue weighted by Crippen LogP contribution is 2.18. The second-order valence-corrected chi connectivity index (χ2v) is 2.87. The lowest BCUT2D eigenvalue weighted by Gasteiger charge is -2.09. The van der Waals surface area contributed by atoms with E-state index in [0.29, 0.717) is 12.3 Å². The molecule has 0 spiro atoms. The number of rotatable bonds is 1. The predicted octanol–water partition coefficient (Wildman–Crippen LogP) is 1.23. The van der Waals surface area contributed by atoms with Crippen molar-refractivity contribution in [2.45, 2.75) is 6.42 Å². The van der Waals surface area contributed by atoms with Gasteiger partial charge in [0, 0.05) is 12.5 Å². The molecule has 0 radical (unpaired) electrons. The Balaban J connectivity index is 2.45. The summed E-state index contributed by atoms with van der Waals surface area (Å²) in [5.41, 5.74) is 1.80. The van der Waals surface area contributed by atoms with E-state index in [-0.39, 0.29) is 5.78 Å². The summed E-state index contributed by atoms with van der Waals surface area (Å²) < 4.78 is 4.98. The highest BCUT2D eigenvalue weighted by Gasteiger charge is 2.11. The summed E-state index contributed by atoms with van der Waals surface area (Å²) in [5.74, 6) is 0.706. The minimum atomic E-state index is 0.125. The fourth-order valence-corrected chi connectivity index (χ4v) is 1.31. The second kappa shape index (κ2) is 3.01. The first-order valence-electron chi connectivity index (χ1n) is 4.04. The van der Waals surface area contributed by atoms with E-state index in [9.17, 15) is 4.79 Å². The molecule has 0 bridgehead atoms. The van der Waals surface area contributed by atoms with Crippen LogP contribution in [0.5, 0.6) is 5.88 Å².